The van der Waals surface area contributed by atoms with Crippen LogP contribution in [0.4, 0.5) is 5.69 Å². The van der Waals surface area contributed by atoms with Gasteiger partial charge in [0, 0.05) is 5.69 Å². The van der Waals surface area contributed by atoms with E-state index in [4.69, 9.17) is 11.6 Å². The molecule has 0 aliphatic carbocycles. The van der Waals surface area contributed by atoms with E-state index in [0.29, 0.717) is 12.0 Å². The summed E-state index contributed by atoms with van der Waals surface area (Å²) in [6.45, 7) is -0.125. The first-order valence-corrected chi connectivity index (χ1v) is 5.64. The number of hydrazine groups is 1. The topological polar surface area (TPSA) is 119 Å². The highest BCUT2D eigenvalue weighted by Gasteiger charge is 2.25. The van der Waals surface area contributed by atoms with E-state index >= 15 is 0 Å². The SMILES string of the molecule is NNC(CC(N)=O)C(=O)N(CC=O)c1ccccc1. The monoisotopic (exact) mass is 264 g/mol. The number of hydrogen-bond acceptors (Lipinski definition) is 5. The first-order valence-electron chi connectivity index (χ1n) is 5.64. The van der Waals surface area contributed by atoms with Gasteiger partial charge in [-0.1, -0.05) is 18.2 Å². The number of hydrogen-bond donors (Lipinski definition) is 3. The standard InChI is InChI=1S/C12H16N4O3/c13-11(18)8-10(15-14)12(19)16(6-7-17)9-4-2-1-3-5-9/h1-5,7,10,15H,6,8,14H2,(H2,13,18). The predicted octanol–water partition coefficient (Wildman–Crippen LogP) is -1.07. The quantitative estimate of drug-likeness (QED) is 0.329. The molecule has 0 spiro atoms. The molecule has 19 heavy (non-hydrogen) atoms. The van der Waals surface area contributed by atoms with Crippen LogP contribution in [-0.2, 0) is 14.4 Å². The molecule has 0 saturated heterocycles. The van der Waals surface area contributed by atoms with Crippen LogP contribution < -0.4 is 21.9 Å². The Labute approximate surface area is 110 Å². The van der Waals surface area contributed by atoms with Gasteiger partial charge in [-0.15, -0.1) is 0 Å². The van der Waals surface area contributed by atoms with Crippen LogP contribution >= 0.6 is 0 Å². The highest BCUT2D eigenvalue weighted by molar-refractivity contribution is 6.01. The Hall–Kier alpha value is -2.25. The van der Waals surface area contributed by atoms with E-state index < -0.39 is 17.9 Å². The molecule has 1 aromatic carbocycles. The second kappa shape index (κ2) is 7.24. The van der Waals surface area contributed by atoms with E-state index in [1.54, 1.807) is 30.3 Å². The van der Waals surface area contributed by atoms with Crippen molar-refractivity contribution < 1.29 is 14.4 Å². The van der Waals surface area contributed by atoms with Crippen molar-refractivity contribution in [2.24, 2.45) is 11.6 Å². The summed E-state index contributed by atoms with van der Waals surface area (Å²) >= 11 is 0. The van der Waals surface area contributed by atoms with Gasteiger partial charge in [-0.25, -0.2) is 5.43 Å². The molecule has 0 radical (unpaired) electrons. The van der Waals surface area contributed by atoms with Gasteiger partial charge < -0.3 is 15.4 Å². The number of aldehydes is 1. The van der Waals surface area contributed by atoms with E-state index in [-0.39, 0.29) is 13.0 Å². The maximum Gasteiger partial charge on any atom is 0.246 e. The van der Waals surface area contributed by atoms with Gasteiger partial charge in [0.05, 0.1) is 13.0 Å². The van der Waals surface area contributed by atoms with E-state index in [2.05, 4.69) is 5.43 Å². The minimum Gasteiger partial charge on any atom is -0.370 e. The zero-order valence-electron chi connectivity index (χ0n) is 10.3. The minimum atomic E-state index is -0.961. The molecule has 7 nitrogen and oxygen atoms in total. The third kappa shape index (κ3) is 4.16. The van der Waals surface area contributed by atoms with Crippen LogP contribution in [0.1, 0.15) is 6.42 Å². The second-order valence-electron chi connectivity index (χ2n) is 3.84. The van der Waals surface area contributed by atoms with Crippen molar-refractivity contribution in [3.05, 3.63) is 30.3 Å². The van der Waals surface area contributed by atoms with Crippen molar-refractivity contribution in [1.29, 1.82) is 0 Å². The number of rotatable bonds is 7. The lowest BCUT2D eigenvalue weighted by Crippen LogP contribution is -2.51. The lowest BCUT2D eigenvalue weighted by atomic mass is 10.1. The predicted molar refractivity (Wildman–Crippen MR) is 69.8 cm³/mol. The van der Waals surface area contributed by atoms with Crippen LogP contribution in [0.3, 0.4) is 0 Å². The Morgan fingerprint density at radius 1 is 1.32 bits per heavy atom. The van der Waals surface area contributed by atoms with E-state index in [9.17, 15) is 14.4 Å². The lowest BCUT2D eigenvalue weighted by molar-refractivity contribution is -0.125. The molecule has 0 saturated carbocycles. The maximum atomic E-state index is 12.2. The normalized spacial score (nSPS) is 11.6. The third-order valence-electron chi connectivity index (χ3n) is 2.50. The Bertz CT molecular complexity index is 450. The molecule has 1 aromatic rings. The van der Waals surface area contributed by atoms with E-state index in [0.717, 1.165) is 0 Å². The van der Waals surface area contributed by atoms with Crippen LogP contribution in [0.5, 0.6) is 0 Å². The summed E-state index contributed by atoms with van der Waals surface area (Å²) in [7, 11) is 0. The molecule has 102 valence electrons. The average Bonchev–Trinajstić information content (AvgIpc) is 2.42. The number of anilines is 1. The van der Waals surface area contributed by atoms with Crippen molar-refractivity contribution in [2.75, 3.05) is 11.4 Å². The molecule has 2 amide bonds. The highest BCUT2D eigenvalue weighted by Crippen LogP contribution is 2.14. The minimum absolute atomic E-state index is 0.125. The molecule has 0 aromatic heterocycles. The molecule has 1 atom stereocenters. The fourth-order valence-electron chi connectivity index (χ4n) is 1.61. The number of benzene rings is 1. The number of nitrogens with one attached hydrogen (secondary N) is 1. The van der Waals surface area contributed by atoms with Gasteiger partial charge in [-0.3, -0.25) is 15.4 Å². The number of carbonyl (C=O) groups excluding carboxylic acids is 3. The largest absolute Gasteiger partial charge is 0.370 e. The highest BCUT2D eigenvalue weighted by atomic mass is 16.2. The van der Waals surface area contributed by atoms with Gasteiger partial charge in [0.25, 0.3) is 0 Å². The summed E-state index contributed by atoms with van der Waals surface area (Å²) in [5.74, 6) is 4.10. The summed E-state index contributed by atoms with van der Waals surface area (Å²) in [4.78, 5) is 35.0. The van der Waals surface area contributed by atoms with Crippen molar-refractivity contribution in [3.63, 3.8) is 0 Å². The fourth-order valence-corrected chi connectivity index (χ4v) is 1.61. The Balaban J connectivity index is 2.95. The smallest absolute Gasteiger partial charge is 0.246 e. The number of amides is 2. The van der Waals surface area contributed by atoms with Gasteiger partial charge in [0.1, 0.15) is 12.3 Å². The number of carbonyl (C=O) groups is 3. The summed E-state index contributed by atoms with van der Waals surface area (Å²) in [5, 5.41) is 0. The number of para-hydroxylation sites is 1. The summed E-state index contributed by atoms with van der Waals surface area (Å²) in [5.41, 5.74) is 7.82. The number of nitrogens with zero attached hydrogens (tertiary/aromatic N) is 1. The first-order chi connectivity index (χ1) is 9.10. The van der Waals surface area contributed by atoms with Gasteiger partial charge in [-0.05, 0) is 12.1 Å². The van der Waals surface area contributed by atoms with Crippen LogP contribution in [0.2, 0.25) is 0 Å². The fraction of sp³-hybridized carbons (Fsp3) is 0.250. The van der Waals surface area contributed by atoms with Gasteiger partial charge >= 0.3 is 0 Å². The van der Waals surface area contributed by atoms with Crippen LogP contribution in [0, 0.1) is 0 Å². The molecule has 0 bridgehead atoms. The lowest BCUT2D eigenvalue weighted by Gasteiger charge is -2.24. The Kier molecular flexibility index (Phi) is 5.65. The number of nitrogens with two attached hydrogens (primary N) is 2. The maximum absolute atomic E-state index is 12.2. The molecule has 0 fully saturated rings. The van der Waals surface area contributed by atoms with Gasteiger partial charge in [0.15, 0.2) is 0 Å². The Morgan fingerprint density at radius 3 is 2.42 bits per heavy atom. The summed E-state index contributed by atoms with van der Waals surface area (Å²) in [6, 6.07) is 7.66. The zero-order chi connectivity index (χ0) is 14.3. The molecular formula is C12H16N4O3. The van der Waals surface area contributed by atoms with E-state index in [1.165, 1.54) is 4.90 Å². The van der Waals surface area contributed by atoms with E-state index in [1.807, 2.05) is 0 Å². The first kappa shape index (κ1) is 14.8. The van der Waals surface area contributed by atoms with Crippen LogP contribution in [-0.4, -0.2) is 30.7 Å². The van der Waals surface area contributed by atoms with Crippen LogP contribution in [0.25, 0.3) is 0 Å². The van der Waals surface area contributed by atoms with Crippen LogP contribution in [0.15, 0.2) is 30.3 Å². The average molecular weight is 264 g/mol. The van der Waals surface area contributed by atoms with Crippen molar-refractivity contribution in [3.8, 4) is 0 Å². The van der Waals surface area contributed by atoms with Crippen molar-refractivity contribution >= 4 is 23.8 Å². The number of primary amides is 1. The van der Waals surface area contributed by atoms with Gasteiger partial charge in [0.2, 0.25) is 11.8 Å². The Morgan fingerprint density at radius 2 is 1.95 bits per heavy atom. The molecule has 1 unspecified atom stereocenters. The molecule has 0 aliphatic rings. The molecule has 0 heterocycles. The molecule has 7 heteroatoms. The molecule has 1 rings (SSSR count). The molecule has 5 N–H and O–H groups in total. The summed E-state index contributed by atoms with van der Waals surface area (Å²) < 4.78 is 0. The zero-order valence-corrected chi connectivity index (χ0v) is 10.3. The van der Waals surface area contributed by atoms with Crippen molar-refractivity contribution in [1.82, 2.24) is 5.43 Å². The second-order valence-corrected chi connectivity index (χ2v) is 3.84. The molecule has 0 aliphatic heterocycles. The molecular weight excluding hydrogens is 248 g/mol. The van der Waals surface area contributed by atoms with Gasteiger partial charge in [-0.2, -0.15) is 0 Å². The van der Waals surface area contributed by atoms with Crippen molar-refractivity contribution in [2.45, 2.75) is 12.5 Å². The third-order valence-corrected chi connectivity index (χ3v) is 2.50. The summed E-state index contributed by atoms with van der Waals surface area (Å²) in [6.07, 6.45) is 0.361.